The molecule has 1 aliphatic heterocycles. The van der Waals surface area contributed by atoms with Crippen LogP contribution in [0.5, 0.6) is 0 Å². The first kappa shape index (κ1) is 12.7. The van der Waals surface area contributed by atoms with Gasteiger partial charge in [0, 0.05) is 6.04 Å². The van der Waals surface area contributed by atoms with Crippen LogP contribution in [0.1, 0.15) is 12.8 Å². The molecular formula is C9H12N4O4S. The molecule has 0 aromatic carbocycles. The molecule has 1 N–H and O–H groups in total. The minimum Gasteiger partial charge on any atom is -0.351 e. The van der Waals surface area contributed by atoms with Gasteiger partial charge in [0.2, 0.25) is 5.95 Å². The van der Waals surface area contributed by atoms with E-state index >= 15 is 0 Å². The summed E-state index contributed by atoms with van der Waals surface area (Å²) in [7, 11) is -2.90. The van der Waals surface area contributed by atoms with Gasteiger partial charge in [-0.3, -0.25) is 10.1 Å². The molecule has 1 saturated heterocycles. The lowest BCUT2D eigenvalue weighted by atomic mass is 10.2. The minimum atomic E-state index is -2.90. The van der Waals surface area contributed by atoms with E-state index < -0.39 is 14.8 Å². The van der Waals surface area contributed by atoms with Gasteiger partial charge in [-0.15, -0.1) is 0 Å². The Labute approximate surface area is 104 Å². The van der Waals surface area contributed by atoms with Crippen LogP contribution in [0.25, 0.3) is 0 Å². The Morgan fingerprint density at radius 1 is 1.28 bits per heavy atom. The van der Waals surface area contributed by atoms with Crippen LogP contribution in [0.4, 0.5) is 11.6 Å². The molecule has 1 aromatic rings. The molecule has 0 spiro atoms. The number of aromatic nitrogens is 2. The Kier molecular flexibility index (Phi) is 3.41. The van der Waals surface area contributed by atoms with Crippen molar-refractivity contribution in [2.24, 2.45) is 0 Å². The maximum absolute atomic E-state index is 11.2. The molecular weight excluding hydrogens is 260 g/mol. The first-order valence-corrected chi connectivity index (χ1v) is 7.22. The van der Waals surface area contributed by atoms with Crippen molar-refractivity contribution in [3.05, 3.63) is 22.5 Å². The number of hydrogen-bond donors (Lipinski definition) is 1. The number of hydrogen-bond acceptors (Lipinski definition) is 7. The quantitative estimate of drug-likeness (QED) is 0.624. The third kappa shape index (κ3) is 3.13. The van der Waals surface area contributed by atoms with Crippen LogP contribution in [0.15, 0.2) is 12.4 Å². The fourth-order valence-corrected chi connectivity index (χ4v) is 3.20. The van der Waals surface area contributed by atoms with Crippen molar-refractivity contribution in [2.75, 3.05) is 16.8 Å². The predicted octanol–water partition coefficient (Wildman–Crippen LogP) is 0.374. The molecule has 0 bridgehead atoms. The van der Waals surface area contributed by atoms with E-state index in [1.54, 1.807) is 0 Å². The van der Waals surface area contributed by atoms with E-state index in [2.05, 4.69) is 15.3 Å². The zero-order valence-electron chi connectivity index (χ0n) is 9.44. The zero-order valence-corrected chi connectivity index (χ0v) is 10.3. The van der Waals surface area contributed by atoms with Crippen LogP contribution in [-0.4, -0.2) is 40.9 Å². The maximum Gasteiger partial charge on any atom is 0.305 e. The highest BCUT2D eigenvalue weighted by molar-refractivity contribution is 7.91. The van der Waals surface area contributed by atoms with Crippen LogP contribution in [0.3, 0.4) is 0 Å². The Balaban J connectivity index is 1.96. The van der Waals surface area contributed by atoms with Crippen molar-refractivity contribution >= 4 is 21.5 Å². The van der Waals surface area contributed by atoms with Gasteiger partial charge in [-0.2, -0.15) is 0 Å². The summed E-state index contributed by atoms with van der Waals surface area (Å²) < 4.78 is 22.5. The average Bonchev–Trinajstić information content (AvgIpc) is 2.33. The summed E-state index contributed by atoms with van der Waals surface area (Å²) in [5.74, 6) is 0.583. The van der Waals surface area contributed by atoms with Gasteiger partial charge in [0.15, 0.2) is 0 Å². The Morgan fingerprint density at radius 3 is 2.33 bits per heavy atom. The summed E-state index contributed by atoms with van der Waals surface area (Å²) in [6.07, 6.45) is 3.25. The van der Waals surface area contributed by atoms with Gasteiger partial charge in [0.25, 0.3) is 0 Å². The average molecular weight is 272 g/mol. The van der Waals surface area contributed by atoms with E-state index in [9.17, 15) is 18.5 Å². The molecule has 8 nitrogen and oxygen atoms in total. The van der Waals surface area contributed by atoms with Crippen LogP contribution in [-0.2, 0) is 9.84 Å². The molecule has 2 heterocycles. The van der Waals surface area contributed by atoms with E-state index in [-0.39, 0.29) is 29.2 Å². The molecule has 0 atom stereocenters. The first-order chi connectivity index (χ1) is 8.46. The number of rotatable bonds is 3. The molecule has 1 aliphatic rings. The molecule has 0 amide bonds. The third-order valence-corrected chi connectivity index (χ3v) is 4.45. The standard InChI is InChI=1S/C9H12N4O4S/c14-13(15)8-5-10-9(11-6-8)12-7-1-3-18(16,17)4-2-7/h5-7H,1-4H2,(H,10,11,12). The smallest absolute Gasteiger partial charge is 0.305 e. The van der Waals surface area contributed by atoms with Crippen molar-refractivity contribution in [1.82, 2.24) is 9.97 Å². The Morgan fingerprint density at radius 2 is 1.83 bits per heavy atom. The number of nitrogens with zero attached hydrogens (tertiary/aromatic N) is 3. The Hall–Kier alpha value is -1.77. The molecule has 0 saturated carbocycles. The van der Waals surface area contributed by atoms with Crippen molar-refractivity contribution in [1.29, 1.82) is 0 Å². The SMILES string of the molecule is O=[N+]([O-])c1cnc(NC2CCS(=O)(=O)CC2)nc1. The van der Waals surface area contributed by atoms with E-state index in [1.807, 2.05) is 0 Å². The third-order valence-electron chi connectivity index (χ3n) is 2.74. The summed E-state index contributed by atoms with van der Waals surface area (Å²) in [5, 5.41) is 13.4. The molecule has 18 heavy (non-hydrogen) atoms. The minimum absolute atomic E-state index is 0.00465. The highest BCUT2D eigenvalue weighted by Gasteiger charge is 2.23. The molecule has 0 unspecified atom stereocenters. The van der Waals surface area contributed by atoms with E-state index in [4.69, 9.17) is 0 Å². The number of nitro groups is 1. The lowest BCUT2D eigenvalue weighted by Crippen LogP contribution is -2.32. The molecule has 98 valence electrons. The summed E-state index contributed by atoms with van der Waals surface area (Å²) in [6, 6.07) is -0.00465. The second kappa shape index (κ2) is 4.84. The van der Waals surface area contributed by atoms with E-state index in [1.165, 1.54) is 0 Å². The van der Waals surface area contributed by atoms with Gasteiger partial charge in [-0.25, -0.2) is 18.4 Å². The zero-order chi connectivity index (χ0) is 13.2. The Bertz CT molecular complexity index is 528. The largest absolute Gasteiger partial charge is 0.351 e. The number of anilines is 1. The summed E-state index contributed by atoms with van der Waals surface area (Å²) >= 11 is 0. The van der Waals surface area contributed by atoms with Gasteiger partial charge < -0.3 is 5.32 Å². The van der Waals surface area contributed by atoms with Crippen molar-refractivity contribution in [3.8, 4) is 0 Å². The lowest BCUT2D eigenvalue weighted by molar-refractivity contribution is -0.385. The van der Waals surface area contributed by atoms with Gasteiger partial charge in [-0.05, 0) is 12.8 Å². The van der Waals surface area contributed by atoms with Crippen molar-refractivity contribution in [2.45, 2.75) is 18.9 Å². The molecule has 0 aliphatic carbocycles. The molecule has 0 radical (unpaired) electrons. The van der Waals surface area contributed by atoms with E-state index in [0.717, 1.165) is 12.4 Å². The predicted molar refractivity (Wildman–Crippen MR) is 64.0 cm³/mol. The van der Waals surface area contributed by atoms with Crippen LogP contribution in [0, 0.1) is 10.1 Å². The van der Waals surface area contributed by atoms with Gasteiger partial charge in [0.05, 0.1) is 16.4 Å². The lowest BCUT2D eigenvalue weighted by Gasteiger charge is -2.22. The molecule has 1 aromatic heterocycles. The van der Waals surface area contributed by atoms with Crippen LogP contribution in [0.2, 0.25) is 0 Å². The first-order valence-electron chi connectivity index (χ1n) is 5.40. The van der Waals surface area contributed by atoms with Crippen LogP contribution < -0.4 is 5.32 Å². The highest BCUT2D eigenvalue weighted by atomic mass is 32.2. The van der Waals surface area contributed by atoms with E-state index in [0.29, 0.717) is 12.8 Å². The molecule has 1 fully saturated rings. The summed E-state index contributed by atoms with van der Waals surface area (Å²) in [4.78, 5) is 17.5. The number of nitrogens with one attached hydrogen (secondary N) is 1. The maximum atomic E-state index is 11.2. The monoisotopic (exact) mass is 272 g/mol. The second-order valence-corrected chi connectivity index (χ2v) is 6.40. The van der Waals surface area contributed by atoms with Crippen molar-refractivity contribution in [3.63, 3.8) is 0 Å². The molecule has 2 rings (SSSR count). The van der Waals surface area contributed by atoms with Crippen molar-refractivity contribution < 1.29 is 13.3 Å². The van der Waals surface area contributed by atoms with Crippen LogP contribution >= 0.6 is 0 Å². The van der Waals surface area contributed by atoms with Gasteiger partial charge >= 0.3 is 5.69 Å². The normalized spacial score (nSPS) is 19.3. The molecule has 9 heteroatoms. The fraction of sp³-hybridized carbons (Fsp3) is 0.556. The second-order valence-electron chi connectivity index (χ2n) is 4.09. The van der Waals surface area contributed by atoms with Gasteiger partial charge in [0.1, 0.15) is 22.2 Å². The topological polar surface area (TPSA) is 115 Å². The fourth-order valence-electron chi connectivity index (χ4n) is 1.71. The number of sulfone groups is 1. The van der Waals surface area contributed by atoms with Gasteiger partial charge in [-0.1, -0.05) is 0 Å². The summed E-state index contributed by atoms with van der Waals surface area (Å²) in [5.41, 5.74) is -0.174. The summed E-state index contributed by atoms with van der Waals surface area (Å²) in [6.45, 7) is 0. The highest BCUT2D eigenvalue weighted by Crippen LogP contribution is 2.16.